The van der Waals surface area contributed by atoms with Gasteiger partial charge in [-0.25, -0.2) is 15.0 Å². The average Bonchev–Trinajstić information content (AvgIpc) is 2.97. The van der Waals surface area contributed by atoms with Crippen molar-refractivity contribution < 1.29 is 9.32 Å². The number of rotatable bonds is 4. The molecule has 4 aliphatic rings. The molecule has 2 aromatic rings. The van der Waals surface area contributed by atoms with E-state index in [1.807, 2.05) is 0 Å². The van der Waals surface area contributed by atoms with E-state index in [1.54, 1.807) is 18.6 Å². The second kappa shape index (κ2) is 6.58. The van der Waals surface area contributed by atoms with Gasteiger partial charge in [0.2, 0.25) is 5.95 Å². The molecule has 1 atom stereocenters. The quantitative estimate of drug-likeness (QED) is 0.762. The van der Waals surface area contributed by atoms with Crippen molar-refractivity contribution in [2.75, 3.05) is 35.4 Å². The molecule has 0 radical (unpaired) electrons. The maximum Gasteiger partial charge on any atom is 0.227 e. The van der Waals surface area contributed by atoms with Gasteiger partial charge in [0.05, 0.1) is 34.2 Å². The van der Waals surface area contributed by atoms with E-state index in [2.05, 4.69) is 24.8 Å². The molecule has 4 heterocycles. The molecule has 2 aliphatic heterocycles. The molecule has 2 aromatic heterocycles. The fraction of sp³-hybridized carbons (Fsp3) is 0.600. The number of hydrogen-bond acceptors (Lipinski definition) is 8. The third-order valence-electron chi connectivity index (χ3n) is 7.32. The highest BCUT2D eigenvalue weighted by Crippen LogP contribution is 2.56. The van der Waals surface area contributed by atoms with Gasteiger partial charge in [0.1, 0.15) is 16.6 Å². The largest absolute Gasteiger partial charge is 0.394 e. The highest BCUT2D eigenvalue weighted by atomic mass is 35.5. The van der Waals surface area contributed by atoms with Crippen LogP contribution >= 0.6 is 11.6 Å². The minimum Gasteiger partial charge on any atom is -0.394 e. The maximum absolute atomic E-state index is 12.6. The summed E-state index contributed by atoms with van der Waals surface area (Å²) in [6.45, 7) is 1.91. The van der Waals surface area contributed by atoms with Gasteiger partial charge in [-0.3, -0.25) is 4.21 Å². The summed E-state index contributed by atoms with van der Waals surface area (Å²) in [6.07, 6.45) is 10.1. The number of aromatic nitrogens is 4. The van der Waals surface area contributed by atoms with Crippen LogP contribution in [0.25, 0.3) is 0 Å². The number of halogens is 1. The summed E-state index contributed by atoms with van der Waals surface area (Å²) in [4.78, 5) is 23.0. The molecule has 8 nitrogen and oxygen atoms in total. The van der Waals surface area contributed by atoms with E-state index in [0.29, 0.717) is 33.1 Å². The fourth-order valence-electron chi connectivity index (χ4n) is 5.43. The summed E-state index contributed by atoms with van der Waals surface area (Å²) in [5, 5.41) is 10.5. The van der Waals surface area contributed by atoms with Crippen molar-refractivity contribution in [2.45, 2.75) is 48.5 Å². The molecule has 0 bridgehead atoms. The molecule has 1 saturated heterocycles. The van der Waals surface area contributed by atoms with Crippen LogP contribution in [-0.2, 0) is 10.8 Å². The Hall–Kier alpha value is -1.84. The van der Waals surface area contributed by atoms with Crippen molar-refractivity contribution >= 4 is 34.2 Å². The first-order chi connectivity index (χ1) is 14.5. The van der Waals surface area contributed by atoms with Crippen LogP contribution in [-0.4, -0.2) is 60.4 Å². The van der Waals surface area contributed by atoms with Crippen molar-refractivity contribution in [1.29, 1.82) is 0 Å². The lowest BCUT2D eigenvalue weighted by Gasteiger charge is -2.58. The van der Waals surface area contributed by atoms with Crippen LogP contribution in [0.3, 0.4) is 0 Å². The molecule has 30 heavy (non-hydrogen) atoms. The summed E-state index contributed by atoms with van der Waals surface area (Å²) in [5.74, 6) is 3.12. The third kappa shape index (κ3) is 2.71. The van der Waals surface area contributed by atoms with Crippen LogP contribution in [0.1, 0.15) is 43.8 Å². The lowest BCUT2D eigenvalue weighted by atomic mass is 9.57. The van der Waals surface area contributed by atoms with E-state index >= 15 is 0 Å². The standard InChI is InChI=1S/C20H23ClN6O2S/c21-14-6-22-16(23-7-14)13-4-19(5-13)9-26(10-19)18-24-8-15-17(25-18)27(12-30(15)29)20(11-28)2-1-3-20/h6-8,13,28H,1-5,9-12H2/t30-/m1/s1. The minimum atomic E-state index is -1.13. The molecule has 3 fully saturated rings. The van der Waals surface area contributed by atoms with Crippen LogP contribution in [0.4, 0.5) is 11.8 Å². The average molecular weight is 447 g/mol. The predicted molar refractivity (Wildman–Crippen MR) is 113 cm³/mol. The lowest BCUT2D eigenvalue weighted by molar-refractivity contribution is 0.0582. The number of fused-ring (bicyclic) bond motifs is 1. The van der Waals surface area contributed by atoms with E-state index in [9.17, 15) is 9.32 Å². The molecule has 0 unspecified atom stereocenters. The Bertz CT molecular complexity index is 1010. The van der Waals surface area contributed by atoms with Gasteiger partial charge in [0.15, 0.2) is 5.82 Å². The van der Waals surface area contributed by atoms with Gasteiger partial charge < -0.3 is 14.9 Å². The van der Waals surface area contributed by atoms with Crippen molar-refractivity contribution in [2.24, 2.45) is 5.41 Å². The van der Waals surface area contributed by atoms with E-state index < -0.39 is 10.8 Å². The van der Waals surface area contributed by atoms with Gasteiger partial charge in [-0.05, 0) is 32.1 Å². The van der Waals surface area contributed by atoms with E-state index in [0.717, 1.165) is 56.8 Å². The van der Waals surface area contributed by atoms with Crippen LogP contribution in [0.2, 0.25) is 5.02 Å². The normalized spacial score (nSPS) is 26.1. The number of aliphatic hydroxyl groups excluding tert-OH is 1. The molecule has 0 amide bonds. The van der Waals surface area contributed by atoms with Gasteiger partial charge in [-0.2, -0.15) is 4.98 Å². The highest BCUT2D eigenvalue weighted by Gasteiger charge is 2.54. The molecule has 2 saturated carbocycles. The first-order valence-corrected chi connectivity index (χ1v) is 12.1. The Kier molecular flexibility index (Phi) is 4.14. The first kappa shape index (κ1) is 18.9. The number of nitrogens with zero attached hydrogens (tertiary/aromatic N) is 6. The lowest BCUT2D eigenvalue weighted by Crippen LogP contribution is -2.62. The van der Waals surface area contributed by atoms with E-state index in [4.69, 9.17) is 16.6 Å². The Morgan fingerprint density at radius 1 is 1.17 bits per heavy atom. The molecular formula is C20H23ClN6O2S. The summed E-state index contributed by atoms with van der Waals surface area (Å²) in [7, 11) is -1.13. The van der Waals surface area contributed by atoms with Crippen molar-refractivity contribution in [1.82, 2.24) is 19.9 Å². The van der Waals surface area contributed by atoms with Crippen molar-refractivity contribution in [3.63, 3.8) is 0 Å². The summed E-state index contributed by atoms with van der Waals surface area (Å²) >= 11 is 5.89. The molecular weight excluding hydrogens is 424 g/mol. The SMILES string of the molecule is O=[S@@]1CN(C2(CO)CCC2)c2nc(N3CC4(CC(c5ncc(Cl)cn5)C4)C3)ncc21. The zero-order valence-corrected chi connectivity index (χ0v) is 18.1. The summed E-state index contributed by atoms with van der Waals surface area (Å²) < 4.78 is 12.6. The highest BCUT2D eigenvalue weighted by molar-refractivity contribution is 7.85. The van der Waals surface area contributed by atoms with Crippen LogP contribution in [0.5, 0.6) is 0 Å². The Labute approximate surface area is 182 Å². The number of anilines is 2. The predicted octanol–water partition coefficient (Wildman–Crippen LogP) is 2.10. The molecule has 10 heteroatoms. The Morgan fingerprint density at radius 3 is 2.53 bits per heavy atom. The van der Waals surface area contributed by atoms with Gasteiger partial charge >= 0.3 is 0 Å². The second-order valence-corrected chi connectivity index (χ2v) is 11.0. The number of hydrogen-bond donors (Lipinski definition) is 1. The maximum atomic E-state index is 12.6. The van der Waals surface area contributed by atoms with Crippen molar-refractivity contribution in [3.05, 3.63) is 29.4 Å². The van der Waals surface area contributed by atoms with Crippen molar-refractivity contribution in [3.8, 4) is 0 Å². The summed E-state index contributed by atoms with van der Waals surface area (Å²) in [5.41, 5.74) is -0.0126. The molecule has 1 spiro atoms. The fourth-order valence-corrected chi connectivity index (χ4v) is 6.83. The molecule has 6 rings (SSSR count). The molecule has 158 valence electrons. The third-order valence-corrected chi connectivity index (χ3v) is 8.79. The number of aliphatic hydroxyl groups is 1. The van der Waals surface area contributed by atoms with E-state index in [1.165, 1.54) is 0 Å². The topological polar surface area (TPSA) is 95.3 Å². The molecule has 2 aliphatic carbocycles. The zero-order valence-electron chi connectivity index (χ0n) is 16.5. The zero-order chi connectivity index (χ0) is 20.5. The first-order valence-electron chi connectivity index (χ1n) is 10.4. The smallest absolute Gasteiger partial charge is 0.227 e. The molecule has 0 aromatic carbocycles. The minimum absolute atomic E-state index is 0.0734. The Morgan fingerprint density at radius 2 is 1.90 bits per heavy atom. The second-order valence-electron chi connectivity index (χ2n) is 9.22. The summed E-state index contributed by atoms with van der Waals surface area (Å²) in [6, 6.07) is 0. The Balaban J connectivity index is 1.16. The van der Waals surface area contributed by atoms with Crippen LogP contribution < -0.4 is 9.80 Å². The monoisotopic (exact) mass is 446 g/mol. The van der Waals surface area contributed by atoms with Gasteiger partial charge in [-0.1, -0.05) is 11.6 Å². The van der Waals surface area contributed by atoms with Gasteiger partial charge in [0, 0.05) is 36.8 Å². The van der Waals surface area contributed by atoms with Gasteiger partial charge in [0.25, 0.3) is 0 Å². The van der Waals surface area contributed by atoms with Gasteiger partial charge in [-0.15, -0.1) is 0 Å². The van der Waals surface area contributed by atoms with E-state index in [-0.39, 0.29) is 12.1 Å². The van der Waals surface area contributed by atoms with Crippen LogP contribution in [0, 0.1) is 5.41 Å². The van der Waals surface area contributed by atoms with Crippen LogP contribution in [0.15, 0.2) is 23.5 Å². The molecule has 1 N–H and O–H groups in total.